The number of carbonyl (C=O) groups is 1. The molecule has 11 atom stereocenters. The van der Waals surface area contributed by atoms with Crippen LogP contribution < -0.4 is 0 Å². The van der Waals surface area contributed by atoms with Gasteiger partial charge in [0.2, 0.25) is 5.91 Å². The lowest BCUT2D eigenvalue weighted by atomic mass is 9.41. The van der Waals surface area contributed by atoms with Gasteiger partial charge in [0.1, 0.15) is 18.3 Å². The molecule has 2 heterocycles. The summed E-state index contributed by atoms with van der Waals surface area (Å²) in [6.07, 6.45) is 13.0. The van der Waals surface area contributed by atoms with Crippen molar-refractivity contribution in [1.29, 1.82) is 0 Å². The molecule has 0 aromatic rings. The number of nitrogens with zero attached hydrogens (tertiary/aromatic N) is 1. The predicted octanol–water partition coefficient (Wildman–Crippen LogP) is 6.37. The number of aliphatic hydroxyl groups excluding tert-OH is 2. The SMILES string of the molecule is C[C@@H]1C[C]([C@H](O)C(C)(C)O)O[C]2[C@H]1[C@@]1(C)CC[C@@]34C[C@@]35CCC(O[C@H]3CN(C(=O)C6CCCCC6)CCO3)C(C)(C)[C@@H]5CC[C]4[C@]1(C)[C@H]2O. The standard InChI is InChI=1S/C41H64NO7/c1-24-21-26(33(43)37(4,5)46)48-32-31(24)38(6)17-18-41-23-40(41)16-15-29(36(2,3)27(40)13-14-28(41)39(38,7)34(32)44)49-30-22-42(19-20-47-30)35(45)25-11-9-8-10-12-25/h24-25,27,29-31,33-34,43-44,46H,8-23H2,1-7H3/t24-,27+,29?,30+,31+,33+,34+,38-,39-,40-,41+/m1/s1. The first-order valence-corrected chi connectivity index (χ1v) is 19.9. The van der Waals surface area contributed by atoms with E-state index in [4.69, 9.17) is 14.2 Å². The molecule has 1 amide bonds. The van der Waals surface area contributed by atoms with Gasteiger partial charge in [0, 0.05) is 23.8 Å². The monoisotopic (exact) mass is 682 g/mol. The van der Waals surface area contributed by atoms with Gasteiger partial charge in [-0.15, -0.1) is 0 Å². The lowest BCUT2D eigenvalue weighted by molar-refractivity contribution is -0.243. The maximum Gasteiger partial charge on any atom is 0.225 e. The van der Waals surface area contributed by atoms with E-state index in [0.29, 0.717) is 44.0 Å². The quantitative estimate of drug-likeness (QED) is 0.310. The number of amides is 1. The summed E-state index contributed by atoms with van der Waals surface area (Å²) in [5.41, 5.74) is -1.48. The molecule has 0 bridgehead atoms. The normalized spacial score (nSPS) is 48.2. The Labute approximate surface area is 295 Å². The average Bonchev–Trinajstić information content (AvgIpc) is 3.70. The van der Waals surface area contributed by atoms with E-state index in [9.17, 15) is 20.1 Å². The minimum Gasteiger partial charge on any atom is -0.389 e. The number of rotatable bonds is 5. The predicted molar refractivity (Wildman–Crippen MR) is 185 cm³/mol. The summed E-state index contributed by atoms with van der Waals surface area (Å²) in [7, 11) is 0. The van der Waals surface area contributed by atoms with Crippen molar-refractivity contribution in [3.05, 3.63) is 18.1 Å². The number of fused-ring (bicyclic) bond motifs is 4. The molecule has 2 aliphatic heterocycles. The minimum absolute atomic E-state index is 0.0281. The van der Waals surface area contributed by atoms with Gasteiger partial charge in [0.15, 0.2) is 6.29 Å². The summed E-state index contributed by atoms with van der Waals surface area (Å²) in [6, 6.07) is 0. The second-order valence-electron chi connectivity index (χ2n) is 19.6. The Hall–Kier alpha value is -0.770. The van der Waals surface area contributed by atoms with E-state index in [-0.39, 0.29) is 51.8 Å². The molecule has 3 radical (unpaired) electrons. The van der Waals surface area contributed by atoms with Crippen LogP contribution in [0.2, 0.25) is 0 Å². The fourth-order valence-corrected chi connectivity index (χ4v) is 13.9. The topological polar surface area (TPSA) is 109 Å². The van der Waals surface area contributed by atoms with Crippen molar-refractivity contribution in [3.63, 3.8) is 0 Å². The van der Waals surface area contributed by atoms with Crippen molar-refractivity contribution in [2.75, 3.05) is 19.7 Å². The molecule has 8 aliphatic rings. The van der Waals surface area contributed by atoms with Crippen LogP contribution in [0.25, 0.3) is 0 Å². The van der Waals surface area contributed by atoms with Gasteiger partial charge in [-0.3, -0.25) is 4.79 Å². The van der Waals surface area contributed by atoms with E-state index in [1.54, 1.807) is 19.8 Å². The van der Waals surface area contributed by atoms with Gasteiger partial charge in [0.05, 0.1) is 31.0 Å². The Kier molecular flexibility index (Phi) is 8.36. The summed E-state index contributed by atoms with van der Waals surface area (Å²) < 4.78 is 19.6. The zero-order valence-corrected chi connectivity index (χ0v) is 31.4. The molecule has 8 rings (SSSR count). The van der Waals surface area contributed by atoms with Crippen LogP contribution in [0.5, 0.6) is 0 Å². The highest BCUT2D eigenvalue weighted by atomic mass is 16.7. The van der Waals surface area contributed by atoms with Gasteiger partial charge in [-0.05, 0) is 117 Å². The summed E-state index contributed by atoms with van der Waals surface area (Å²) in [5.74, 6) is 2.92. The smallest absolute Gasteiger partial charge is 0.225 e. The molecule has 8 fully saturated rings. The fourth-order valence-electron chi connectivity index (χ4n) is 13.9. The molecule has 1 unspecified atom stereocenters. The minimum atomic E-state index is -1.31. The van der Waals surface area contributed by atoms with Crippen LogP contribution in [0, 0.1) is 68.9 Å². The van der Waals surface area contributed by atoms with Crippen molar-refractivity contribution in [2.24, 2.45) is 50.7 Å². The Bertz CT molecular complexity index is 1290. The van der Waals surface area contributed by atoms with Crippen molar-refractivity contribution in [2.45, 2.75) is 162 Å². The maximum atomic E-state index is 13.4. The molecule has 0 aromatic heterocycles. The summed E-state index contributed by atoms with van der Waals surface area (Å²) in [6.45, 7) is 16.8. The first kappa shape index (κ1) is 35.3. The molecule has 8 nitrogen and oxygen atoms in total. The number of hydrogen-bond acceptors (Lipinski definition) is 7. The van der Waals surface area contributed by atoms with Crippen LogP contribution in [0.3, 0.4) is 0 Å². The van der Waals surface area contributed by atoms with Crippen LogP contribution in [0.1, 0.15) is 132 Å². The average molecular weight is 683 g/mol. The van der Waals surface area contributed by atoms with Crippen molar-refractivity contribution < 1.29 is 34.3 Å². The van der Waals surface area contributed by atoms with Crippen LogP contribution in [0.15, 0.2) is 0 Å². The van der Waals surface area contributed by atoms with E-state index in [1.807, 2.05) is 4.90 Å². The van der Waals surface area contributed by atoms with Gasteiger partial charge in [-0.1, -0.05) is 53.9 Å². The molecule has 6 saturated carbocycles. The Morgan fingerprint density at radius 2 is 1.78 bits per heavy atom. The first-order valence-electron chi connectivity index (χ1n) is 19.9. The van der Waals surface area contributed by atoms with Crippen molar-refractivity contribution in [1.82, 2.24) is 4.90 Å². The summed E-state index contributed by atoms with van der Waals surface area (Å²) in [5, 5.41) is 34.0. The molecule has 8 heteroatoms. The first-order chi connectivity index (χ1) is 23.0. The van der Waals surface area contributed by atoms with Gasteiger partial charge >= 0.3 is 0 Å². The molecule has 2 spiro atoms. The van der Waals surface area contributed by atoms with Crippen molar-refractivity contribution >= 4 is 5.91 Å². The lowest BCUT2D eigenvalue weighted by Gasteiger charge is -2.63. The second kappa shape index (κ2) is 11.6. The van der Waals surface area contributed by atoms with Gasteiger partial charge in [0.25, 0.3) is 0 Å². The van der Waals surface area contributed by atoms with Crippen LogP contribution in [0.4, 0.5) is 0 Å². The highest BCUT2D eigenvalue weighted by Gasteiger charge is 2.85. The van der Waals surface area contributed by atoms with Crippen molar-refractivity contribution in [3.8, 4) is 0 Å². The van der Waals surface area contributed by atoms with Crippen LogP contribution in [-0.4, -0.2) is 76.0 Å². The molecular weight excluding hydrogens is 618 g/mol. The van der Waals surface area contributed by atoms with E-state index < -0.39 is 23.2 Å². The van der Waals surface area contributed by atoms with Gasteiger partial charge in [-0.2, -0.15) is 0 Å². The number of carbonyl (C=O) groups excluding carboxylic acids is 1. The van der Waals surface area contributed by atoms with E-state index in [0.717, 1.165) is 63.9 Å². The zero-order valence-electron chi connectivity index (χ0n) is 31.4. The molecule has 0 aromatic carbocycles. The van der Waals surface area contributed by atoms with E-state index in [2.05, 4.69) is 34.6 Å². The zero-order chi connectivity index (χ0) is 34.9. The Morgan fingerprint density at radius 3 is 2.49 bits per heavy atom. The molecule has 2 saturated heterocycles. The highest BCUT2D eigenvalue weighted by molar-refractivity contribution is 5.79. The highest BCUT2D eigenvalue weighted by Crippen LogP contribution is 2.90. The third kappa shape index (κ3) is 4.84. The Balaban J connectivity index is 0.993. The fraction of sp³-hybridized carbons (Fsp3) is 0.902. The summed E-state index contributed by atoms with van der Waals surface area (Å²) in [4.78, 5) is 15.4. The third-order valence-electron chi connectivity index (χ3n) is 16.6. The maximum absolute atomic E-state index is 13.4. The molecular formula is C41H64NO7. The van der Waals surface area contributed by atoms with Gasteiger partial charge in [-0.25, -0.2) is 0 Å². The molecule has 49 heavy (non-hydrogen) atoms. The van der Waals surface area contributed by atoms with Crippen LogP contribution in [-0.2, 0) is 19.0 Å². The number of morpholine rings is 1. The lowest BCUT2D eigenvalue weighted by Crippen LogP contribution is -2.59. The summed E-state index contributed by atoms with van der Waals surface area (Å²) >= 11 is 0. The number of hydrogen-bond donors (Lipinski definition) is 3. The van der Waals surface area contributed by atoms with Gasteiger partial charge < -0.3 is 34.4 Å². The van der Waals surface area contributed by atoms with E-state index in [1.165, 1.54) is 19.3 Å². The molecule has 6 aliphatic carbocycles. The van der Waals surface area contributed by atoms with Crippen LogP contribution >= 0.6 is 0 Å². The largest absolute Gasteiger partial charge is 0.389 e. The van der Waals surface area contributed by atoms with E-state index >= 15 is 0 Å². The number of ether oxygens (including phenoxy) is 3. The Morgan fingerprint density at radius 1 is 1.04 bits per heavy atom. The molecule has 3 N–H and O–H groups in total. The second-order valence-corrected chi connectivity index (χ2v) is 19.6. The third-order valence-corrected chi connectivity index (χ3v) is 16.6. The number of aliphatic hydroxyl groups is 3. The molecule has 275 valence electrons.